The number of benzene rings is 1. The molecule has 25 heavy (non-hydrogen) atoms. The topological polar surface area (TPSA) is 69.8 Å². The normalized spacial score (nSPS) is 14.2. The lowest BCUT2D eigenvalue weighted by Crippen LogP contribution is -2.44. The highest BCUT2D eigenvalue weighted by Crippen LogP contribution is 2.21. The van der Waals surface area contributed by atoms with Crippen LogP contribution in [-0.4, -0.2) is 24.2 Å². The van der Waals surface area contributed by atoms with Crippen molar-refractivity contribution in [3.8, 4) is 0 Å². The molecule has 3 N–H and O–H groups in total. The fraction of sp³-hybridized carbons (Fsp3) is 0.450. The number of furan rings is 1. The lowest BCUT2D eigenvalue weighted by molar-refractivity contribution is 0.0378. The molecule has 1 aromatic carbocycles. The Balaban J connectivity index is 2.04. The van der Waals surface area contributed by atoms with E-state index in [0.717, 1.165) is 18.7 Å². The SMILES string of the molecule is CCNC(=NCc1ccccc1CC)NCC(C)(O)c1ccc(C)o1. The summed E-state index contributed by atoms with van der Waals surface area (Å²) >= 11 is 0. The summed E-state index contributed by atoms with van der Waals surface area (Å²) in [4.78, 5) is 4.65. The first kappa shape index (κ1) is 19.1. The van der Waals surface area contributed by atoms with Crippen molar-refractivity contribution in [1.29, 1.82) is 0 Å². The summed E-state index contributed by atoms with van der Waals surface area (Å²) in [6, 6.07) is 12.0. The van der Waals surface area contributed by atoms with Crippen molar-refractivity contribution in [3.05, 3.63) is 59.0 Å². The molecule has 2 rings (SSSR count). The van der Waals surface area contributed by atoms with E-state index in [2.05, 4.69) is 40.7 Å². The van der Waals surface area contributed by atoms with Gasteiger partial charge in [0.1, 0.15) is 17.1 Å². The molecule has 5 nitrogen and oxygen atoms in total. The summed E-state index contributed by atoms with van der Waals surface area (Å²) in [5.74, 6) is 2.01. The summed E-state index contributed by atoms with van der Waals surface area (Å²) in [6.07, 6.45) is 0.988. The van der Waals surface area contributed by atoms with Crippen molar-refractivity contribution < 1.29 is 9.52 Å². The molecule has 0 radical (unpaired) electrons. The van der Waals surface area contributed by atoms with E-state index in [0.29, 0.717) is 24.8 Å². The van der Waals surface area contributed by atoms with Crippen LogP contribution < -0.4 is 10.6 Å². The number of aliphatic hydroxyl groups is 1. The fourth-order valence-corrected chi connectivity index (χ4v) is 2.63. The van der Waals surface area contributed by atoms with Gasteiger partial charge in [0.15, 0.2) is 5.96 Å². The Kier molecular flexibility index (Phi) is 6.65. The molecule has 136 valence electrons. The molecule has 0 aliphatic rings. The zero-order valence-electron chi connectivity index (χ0n) is 15.6. The Bertz CT molecular complexity index is 704. The van der Waals surface area contributed by atoms with Gasteiger partial charge < -0.3 is 20.2 Å². The van der Waals surface area contributed by atoms with E-state index >= 15 is 0 Å². The van der Waals surface area contributed by atoms with Crippen LogP contribution >= 0.6 is 0 Å². The van der Waals surface area contributed by atoms with Crippen LogP contribution in [0.4, 0.5) is 0 Å². The van der Waals surface area contributed by atoms with E-state index in [-0.39, 0.29) is 0 Å². The largest absolute Gasteiger partial charge is 0.463 e. The highest BCUT2D eigenvalue weighted by Gasteiger charge is 2.27. The summed E-state index contributed by atoms with van der Waals surface area (Å²) in [5.41, 5.74) is 1.42. The van der Waals surface area contributed by atoms with Gasteiger partial charge in [0.05, 0.1) is 13.1 Å². The number of aryl methyl sites for hydroxylation is 2. The minimum atomic E-state index is -1.11. The lowest BCUT2D eigenvalue weighted by Gasteiger charge is -2.23. The summed E-state index contributed by atoms with van der Waals surface area (Å²) in [7, 11) is 0. The fourth-order valence-electron chi connectivity index (χ4n) is 2.63. The number of hydrogen-bond acceptors (Lipinski definition) is 3. The molecule has 0 bridgehead atoms. The van der Waals surface area contributed by atoms with Gasteiger partial charge in [0.2, 0.25) is 0 Å². The number of nitrogens with one attached hydrogen (secondary N) is 2. The molecule has 2 aromatic rings. The standard InChI is InChI=1S/C20H29N3O2/c1-5-16-9-7-8-10-17(16)13-22-19(21-6-2)23-14-20(4,24)18-12-11-15(3)25-18/h7-12,24H,5-6,13-14H2,1-4H3,(H2,21,22,23). The molecule has 1 aromatic heterocycles. The second-order valence-corrected chi connectivity index (χ2v) is 6.36. The van der Waals surface area contributed by atoms with Crippen molar-refractivity contribution in [2.45, 2.75) is 46.3 Å². The molecule has 0 spiro atoms. The third kappa shape index (κ3) is 5.36. The summed E-state index contributed by atoms with van der Waals surface area (Å²) < 4.78 is 5.55. The second kappa shape index (κ2) is 8.72. The molecular weight excluding hydrogens is 314 g/mol. The van der Waals surface area contributed by atoms with E-state index in [9.17, 15) is 5.11 Å². The molecule has 1 atom stereocenters. The monoisotopic (exact) mass is 343 g/mol. The average Bonchev–Trinajstić information content (AvgIpc) is 3.05. The molecule has 0 aliphatic carbocycles. The van der Waals surface area contributed by atoms with Gasteiger partial charge in [0, 0.05) is 6.54 Å². The van der Waals surface area contributed by atoms with Crippen LogP contribution in [0.3, 0.4) is 0 Å². The van der Waals surface area contributed by atoms with Gasteiger partial charge >= 0.3 is 0 Å². The molecule has 5 heteroatoms. The number of aliphatic imine (C=N–C) groups is 1. The van der Waals surface area contributed by atoms with Crippen LogP contribution in [0.25, 0.3) is 0 Å². The highest BCUT2D eigenvalue weighted by atomic mass is 16.4. The van der Waals surface area contributed by atoms with Crippen molar-refractivity contribution >= 4 is 5.96 Å². The van der Waals surface area contributed by atoms with Gasteiger partial charge in [-0.05, 0) is 50.5 Å². The second-order valence-electron chi connectivity index (χ2n) is 6.36. The van der Waals surface area contributed by atoms with Crippen LogP contribution in [0.5, 0.6) is 0 Å². The van der Waals surface area contributed by atoms with Crippen molar-refractivity contribution in [3.63, 3.8) is 0 Å². The molecule has 0 saturated carbocycles. The van der Waals surface area contributed by atoms with Crippen LogP contribution in [-0.2, 0) is 18.6 Å². The van der Waals surface area contributed by atoms with Crippen molar-refractivity contribution in [2.75, 3.05) is 13.1 Å². The maximum absolute atomic E-state index is 10.6. The van der Waals surface area contributed by atoms with E-state index in [1.54, 1.807) is 13.0 Å². The average molecular weight is 343 g/mol. The summed E-state index contributed by atoms with van der Waals surface area (Å²) in [5, 5.41) is 17.1. The van der Waals surface area contributed by atoms with Gasteiger partial charge in [-0.1, -0.05) is 31.2 Å². The van der Waals surface area contributed by atoms with Crippen LogP contribution in [0, 0.1) is 6.92 Å². The summed E-state index contributed by atoms with van der Waals surface area (Å²) in [6.45, 7) is 9.42. The van der Waals surface area contributed by atoms with E-state index in [1.165, 1.54) is 11.1 Å². The van der Waals surface area contributed by atoms with Gasteiger partial charge in [-0.15, -0.1) is 0 Å². The Hall–Kier alpha value is -2.27. The highest BCUT2D eigenvalue weighted by molar-refractivity contribution is 5.79. The molecule has 1 unspecified atom stereocenters. The lowest BCUT2D eigenvalue weighted by atomic mass is 10.0. The van der Waals surface area contributed by atoms with Crippen molar-refractivity contribution in [1.82, 2.24) is 10.6 Å². The van der Waals surface area contributed by atoms with Gasteiger partial charge in [0.25, 0.3) is 0 Å². The quantitative estimate of drug-likeness (QED) is 0.534. The Morgan fingerprint density at radius 2 is 1.84 bits per heavy atom. The maximum Gasteiger partial charge on any atom is 0.191 e. The first-order valence-corrected chi connectivity index (χ1v) is 8.84. The predicted molar refractivity (Wildman–Crippen MR) is 102 cm³/mol. The molecule has 0 fully saturated rings. The molecule has 0 aliphatic heterocycles. The molecular formula is C20H29N3O2. The Labute approximate surface area is 150 Å². The van der Waals surface area contributed by atoms with E-state index in [1.807, 2.05) is 26.0 Å². The third-order valence-electron chi connectivity index (χ3n) is 4.12. The first-order chi connectivity index (χ1) is 12.0. The van der Waals surface area contributed by atoms with Crippen LogP contribution in [0.2, 0.25) is 0 Å². The zero-order chi connectivity index (χ0) is 18.3. The van der Waals surface area contributed by atoms with Crippen LogP contribution in [0.15, 0.2) is 45.8 Å². The molecule has 0 saturated heterocycles. The predicted octanol–water partition coefficient (Wildman–Crippen LogP) is 3.11. The number of nitrogens with zero attached hydrogens (tertiary/aromatic N) is 1. The number of hydrogen-bond donors (Lipinski definition) is 3. The minimum absolute atomic E-state index is 0.307. The molecule has 1 heterocycles. The number of guanidine groups is 1. The van der Waals surface area contributed by atoms with E-state index < -0.39 is 5.60 Å². The Morgan fingerprint density at radius 3 is 2.44 bits per heavy atom. The first-order valence-electron chi connectivity index (χ1n) is 8.84. The maximum atomic E-state index is 10.6. The van der Waals surface area contributed by atoms with Crippen LogP contribution in [0.1, 0.15) is 43.4 Å². The van der Waals surface area contributed by atoms with Gasteiger partial charge in [-0.2, -0.15) is 0 Å². The van der Waals surface area contributed by atoms with E-state index in [4.69, 9.17) is 4.42 Å². The smallest absolute Gasteiger partial charge is 0.191 e. The van der Waals surface area contributed by atoms with Gasteiger partial charge in [-0.3, -0.25) is 0 Å². The van der Waals surface area contributed by atoms with Gasteiger partial charge in [-0.25, -0.2) is 4.99 Å². The third-order valence-corrected chi connectivity index (χ3v) is 4.12. The molecule has 0 amide bonds. The zero-order valence-corrected chi connectivity index (χ0v) is 15.6. The number of rotatable bonds is 7. The van der Waals surface area contributed by atoms with Crippen molar-refractivity contribution in [2.24, 2.45) is 4.99 Å². The minimum Gasteiger partial charge on any atom is -0.463 e. The Morgan fingerprint density at radius 1 is 1.12 bits per heavy atom.